The Balaban J connectivity index is 1.34. The van der Waals surface area contributed by atoms with Crippen LogP contribution in [0.15, 0.2) is 12.3 Å². The number of fused-ring (bicyclic) bond motifs is 4. The number of nitrogens with two attached hydrogens (primary N) is 1. The van der Waals surface area contributed by atoms with E-state index >= 15 is 8.78 Å². The molecule has 0 radical (unpaired) electrons. The van der Waals surface area contributed by atoms with Crippen molar-refractivity contribution in [1.82, 2.24) is 19.9 Å². The van der Waals surface area contributed by atoms with E-state index in [1.54, 1.807) is 0 Å². The molecule has 2 unspecified atom stereocenters. The molecule has 0 spiro atoms. The summed E-state index contributed by atoms with van der Waals surface area (Å²) < 4.78 is 37.7. The number of piperidine rings is 1. The van der Waals surface area contributed by atoms with E-state index in [2.05, 4.69) is 19.8 Å². The lowest BCUT2D eigenvalue weighted by atomic mass is 9.95. The monoisotopic (exact) mass is 574 g/mol. The molecule has 39 heavy (non-hydrogen) atoms. The van der Waals surface area contributed by atoms with Gasteiger partial charge < -0.3 is 15.4 Å². The normalized spacial score (nSPS) is 24.1. The molecule has 206 valence electrons. The Hall–Kier alpha value is -2.49. The van der Waals surface area contributed by atoms with Crippen LogP contribution in [0.2, 0.25) is 10.0 Å². The third-order valence-corrected chi connectivity index (χ3v) is 9.87. The van der Waals surface area contributed by atoms with E-state index in [0.717, 1.165) is 51.9 Å². The highest BCUT2D eigenvalue weighted by atomic mass is 35.5. The minimum atomic E-state index is -0.885. The van der Waals surface area contributed by atoms with Crippen molar-refractivity contribution in [2.75, 3.05) is 43.4 Å². The van der Waals surface area contributed by atoms with E-state index in [1.165, 1.54) is 31.5 Å². The summed E-state index contributed by atoms with van der Waals surface area (Å²) in [5.41, 5.74) is 5.36. The Morgan fingerprint density at radius 1 is 1.03 bits per heavy atom. The molecule has 2 aromatic heterocycles. The van der Waals surface area contributed by atoms with Gasteiger partial charge >= 0.3 is 6.01 Å². The lowest BCUT2D eigenvalue weighted by Gasteiger charge is -2.34. The maximum absolute atomic E-state index is 16.3. The number of pyridine rings is 1. The summed E-state index contributed by atoms with van der Waals surface area (Å²) >= 11 is 12.2. The number of ether oxygens (including phenoxy) is 1. The van der Waals surface area contributed by atoms with Gasteiger partial charge in [-0.1, -0.05) is 23.2 Å². The standard InChI is InChI=1S/C28H30Cl2F2N6O/c29-18-10-19(30)23(33)20(21(18)31)25-22(32)24-17(11-34-25)26(37-12-15-3-4-16(9-15)13-37)36-27(35-24)39-14-28-5-1-7-38(28)8-2-6-28/h10-11,15-16H,1-9,12-14,33H2. The highest BCUT2D eigenvalue weighted by Gasteiger charge is 2.45. The van der Waals surface area contributed by atoms with E-state index in [4.69, 9.17) is 38.7 Å². The van der Waals surface area contributed by atoms with E-state index < -0.39 is 11.6 Å². The van der Waals surface area contributed by atoms with Gasteiger partial charge in [0.25, 0.3) is 0 Å². The summed E-state index contributed by atoms with van der Waals surface area (Å²) in [6.45, 7) is 4.28. The van der Waals surface area contributed by atoms with Crippen LogP contribution in [0.5, 0.6) is 6.01 Å². The maximum Gasteiger partial charge on any atom is 0.319 e. The fourth-order valence-electron chi connectivity index (χ4n) is 7.38. The first-order chi connectivity index (χ1) is 18.8. The molecule has 3 saturated heterocycles. The minimum Gasteiger partial charge on any atom is -0.461 e. The molecule has 4 aliphatic rings. The van der Waals surface area contributed by atoms with E-state index in [0.29, 0.717) is 29.6 Å². The molecule has 4 fully saturated rings. The van der Waals surface area contributed by atoms with Crippen LogP contribution >= 0.6 is 23.2 Å². The first-order valence-corrected chi connectivity index (χ1v) is 14.5. The topological polar surface area (TPSA) is 80.4 Å². The molecule has 1 aromatic carbocycles. The van der Waals surface area contributed by atoms with Crippen molar-refractivity contribution >= 4 is 45.6 Å². The third-order valence-electron chi connectivity index (χ3n) is 9.28. The maximum atomic E-state index is 16.3. The lowest BCUT2D eigenvalue weighted by Crippen LogP contribution is -2.43. The Morgan fingerprint density at radius 2 is 1.74 bits per heavy atom. The molecule has 1 saturated carbocycles. The van der Waals surface area contributed by atoms with Crippen LogP contribution in [0.1, 0.15) is 44.9 Å². The molecule has 2 N–H and O–H groups in total. The van der Waals surface area contributed by atoms with Crippen molar-refractivity contribution in [3.63, 3.8) is 0 Å². The average Bonchev–Trinajstić information content (AvgIpc) is 3.61. The van der Waals surface area contributed by atoms with E-state index in [9.17, 15) is 0 Å². The van der Waals surface area contributed by atoms with Crippen LogP contribution in [0, 0.1) is 23.5 Å². The number of aromatic nitrogens is 3. The Morgan fingerprint density at radius 3 is 2.46 bits per heavy atom. The summed E-state index contributed by atoms with van der Waals surface area (Å²) in [7, 11) is 0. The highest BCUT2D eigenvalue weighted by molar-refractivity contribution is 6.37. The van der Waals surface area contributed by atoms with Gasteiger partial charge in [0.15, 0.2) is 11.6 Å². The van der Waals surface area contributed by atoms with E-state index in [-0.39, 0.29) is 44.1 Å². The zero-order valence-corrected chi connectivity index (χ0v) is 23.0. The molecular weight excluding hydrogens is 545 g/mol. The summed E-state index contributed by atoms with van der Waals surface area (Å²) in [5, 5.41) is 0.211. The fourth-order valence-corrected chi connectivity index (χ4v) is 7.85. The second-order valence-electron chi connectivity index (χ2n) is 11.6. The molecule has 3 aromatic rings. The second-order valence-corrected chi connectivity index (χ2v) is 12.4. The molecule has 2 atom stereocenters. The van der Waals surface area contributed by atoms with Gasteiger partial charge in [0, 0.05) is 19.3 Å². The zero-order chi connectivity index (χ0) is 26.9. The second kappa shape index (κ2) is 9.56. The van der Waals surface area contributed by atoms with Crippen LogP contribution in [-0.2, 0) is 0 Å². The Kier molecular flexibility index (Phi) is 6.25. The highest BCUT2D eigenvalue weighted by Crippen LogP contribution is 2.43. The van der Waals surface area contributed by atoms with Gasteiger partial charge in [-0.3, -0.25) is 9.88 Å². The van der Waals surface area contributed by atoms with Crippen molar-refractivity contribution < 1.29 is 13.5 Å². The molecule has 0 amide bonds. The molecule has 11 heteroatoms. The fraction of sp³-hybridized carbons (Fsp3) is 0.536. The van der Waals surface area contributed by atoms with Crippen molar-refractivity contribution in [3.05, 3.63) is 33.9 Å². The Labute approximate surface area is 235 Å². The number of nitrogens with zero attached hydrogens (tertiary/aromatic N) is 5. The SMILES string of the molecule is Nc1c(Cl)cc(Cl)c(F)c1-c1ncc2c(N3CC4CCC(C4)C3)nc(OCC34CCCN3CCC4)nc2c1F. The number of rotatable bonds is 5. The largest absolute Gasteiger partial charge is 0.461 e. The summed E-state index contributed by atoms with van der Waals surface area (Å²) in [4.78, 5) is 18.4. The van der Waals surface area contributed by atoms with Gasteiger partial charge in [0.2, 0.25) is 0 Å². The van der Waals surface area contributed by atoms with Crippen molar-refractivity contribution in [2.24, 2.45) is 11.8 Å². The summed E-state index contributed by atoms with van der Waals surface area (Å²) in [5.74, 6) is 0.0781. The number of nitrogen functional groups attached to an aromatic ring is 1. The van der Waals surface area contributed by atoms with Gasteiger partial charge in [0.1, 0.15) is 23.6 Å². The van der Waals surface area contributed by atoms with E-state index in [1.807, 2.05) is 0 Å². The first-order valence-electron chi connectivity index (χ1n) is 13.8. The smallest absolute Gasteiger partial charge is 0.319 e. The van der Waals surface area contributed by atoms with Gasteiger partial charge in [-0.25, -0.2) is 8.78 Å². The van der Waals surface area contributed by atoms with Gasteiger partial charge in [-0.2, -0.15) is 9.97 Å². The molecular formula is C28H30Cl2F2N6O. The quantitative estimate of drug-likeness (QED) is 0.291. The molecule has 2 bridgehead atoms. The van der Waals surface area contributed by atoms with Crippen LogP contribution in [0.3, 0.4) is 0 Å². The predicted octanol–water partition coefficient (Wildman–Crippen LogP) is 6.10. The summed E-state index contributed by atoms with van der Waals surface area (Å²) in [6.07, 6.45) is 9.51. The third kappa shape index (κ3) is 4.19. The Bertz CT molecular complexity index is 1420. The molecule has 7 nitrogen and oxygen atoms in total. The lowest BCUT2D eigenvalue weighted by molar-refractivity contribution is 0.108. The zero-order valence-electron chi connectivity index (χ0n) is 21.5. The summed E-state index contributed by atoms with van der Waals surface area (Å²) in [6, 6.07) is 1.32. The van der Waals surface area contributed by atoms with Crippen LogP contribution < -0.4 is 15.4 Å². The van der Waals surface area contributed by atoms with Crippen LogP contribution in [0.4, 0.5) is 20.3 Å². The van der Waals surface area contributed by atoms with Gasteiger partial charge in [0.05, 0.1) is 32.2 Å². The van der Waals surface area contributed by atoms with Gasteiger partial charge in [-0.05, 0) is 75.9 Å². The van der Waals surface area contributed by atoms with Crippen LogP contribution in [0.25, 0.3) is 22.2 Å². The number of hydrogen-bond donors (Lipinski definition) is 1. The molecule has 7 rings (SSSR count). The molecule has 1 aliphatic carbocycles. The van der Waals surface area contributed by atoms with Crippen molar-refractivity contribution in [1.29, 1.82) is 0 Å². The first kappa shape index (κ1) is 25.5. The average molecular weight is 575 g/mol. The predicted molar refractivity (Wildman–Crippen MR) is 148 cm³/mol. The minimum absolute atomic E-state index is 0.0139. The molecule has 5 heterocycles. The number of hydrogen-bond acceptors (Lipinski definition) is 7. The van der Waals surface area contributed by atoms with Crippen molar-refractivity contribution in [2.45, 2.75) is 50.5 Å². The number of halogens is 4. The van der Waals surface area contributed by atoms with Crippen molar-refractivity contribution in [3.8, 4) is 17.3 Å². The molecule has 3 aliphatic heterocycles. The van der Waals surface area contributed by atoms with Gasteiger partial charge in [-0.15, -0.1) is 0 Å². The number of anilines is 2. The van der Waals surface area contributed by atoms with Crippen LogP contribution in [-0.4, -0.2) is 58.2 Å². The number of benzene rings is 1.